The van der Waals surface area contributed by atoms with Gasteiger partial charge < -0.3 is 21.3 Å². The number of carbonyl (C=O) groups excluding carboxylic acids is 1. The summed E-state index contributed by atoms with van der Waals surface area (Å²) < 4.78 is 14.8. The van der Waals surface area contributed by atoms with Gasteiger partial charge in [-0.05, 0) is 51.0 Å². The largest absolute Gasteiger partial charge is 0.369 e. The van der Waals surface area contributed by atoms with Crippen LogP contribution in [0.5, 0.6) is 0 Å². The van der Waals surface area contributed by atoms with Crippen LogP contribution in [-0.4, -0.2) is 34.9 Å². The zero-order valence-corrected chi connectivity index (χ0v) is 16.9. The number of carbonyl (C=O) groups is 1. The summed E-state index contributed by atoms with van der Waals surface area (Å²) in [5, 5.41) is 17.3. The van der Waals surface area contributed by atoms with E-state index in [1.807, 2.05) is 13.8 Å². The number of rotatable bonds is 7. The molecule has 0 aliphatic carbocycles. The fourth-order valence-electron chi connectivity index (χ4n) is 3.47. The smallest absolute Gasteiger partial charge is 0.311 e. The van der Waals surface area contributed by atoms with Crippen molar-refractivity contribution >= 4 is 34.6 Å². The van der Waals surface area contributed by atoms with Crippen LogP contribution in [0.15, 0.2) is 30.3 Å². The quantitative estimate of drug-likeness (QED) is 0.466. The zero-order valence-electron chi connectivity index (χ0n) is 16.9. The zero-order chi connectivity index (χ0) is 21.8. The van der Waals surface area contributed by atoms with Crippen molar-refractivity contribution in [3.8, 4) is 0 Å². The number of halogens is 1. The molecular weight excluding hydrogens is 391 g/mol. The van der Waals surface area contributed by atoms with E-state index < -0.39 is 10.7 Å². The van der Waals surface area contributed by atoms with Crippen LogP contribution >= 0.6 is 0 Å². The van der Waals surface area contributed by atoms with Crippen molar-refractivity contribution in [1.82, 2.24) is 4.98 Å². The maximum Gasteiger partial charge on any atom is 0.311 e. The third-order valence-corrected chi connectivity index (χ3v) is 4.88. The highest BCUT2D eigenvalue weighted by molar-refractivity contribution is 5.78. The number of anilines is 4. The van der Waals surface area contributed by atoms with Gasteiger partial charge in [-0.2, -0.15) is 0 Å². The summed E-state index contributed by atoms with van der Waals surface area (Å²) in [5.41, 5.74) is 5.88. The molecule has 0 saturated carbocycles. The van der Waals surface area contributed by atoms with Crippen molar-refractivity contribution in [3.63, 3.8) is 0 Å². The number of aromatic nitrogens is 1. The molecule has 2 aromatic rings. The summed E-state index contributed by atoms with van der Waals surface area (Å²) in [4.78, 5) is 28.3. The standard InChI is InChI=1S/C20H25FN6O3/c1-12(2)23-18-8-7-17(27(29)30)20(25-18)24-14-5-6-16(15(21)10-14)26-9-3-4-13(11-26)19(22)28/h5-8,10,12-13H,3-4,9,11H2,1-2H3,(H2,22,28)(H2,23,24,25). The van der Waals surface area contributed by atoms with Crippen molar-refractivity contribution in [2.45, 2.75) is 32.7 Å². The molecule has 10 heteroatoms. The summed E-state index contributed by atoms with van der Waals surface area (Å²) in [6.07, 6.45) is 1.45. The third kappa shape index (κ3) is 4.94. The lowest BCUT2D eigenvalue weighted by Gasteiger charge is -2.33. The molecule has 30 heavy (non-hydrogen) atoms. The Balaban J connectivity index is 1.83. The second-order valence-electron chi connectivity index (χ2n) is 7.60. The van der Waals surface area contributed by atoms with Gasteiger partial charge in [0.25, 0.3) is 0 Å². The molecule has 160 valence electrons. The number of piperidine rings is 1. The Hall–Kier alpha value is -3.43. The lowest BCUT2D eigenvalue weighted by atomic mass is 9.97. The summed E-state index contributed by atoms with van der Waals surface area (Å²) >= 11 is 0. The number of amides is 1. The van der Waals surface area contributed by atoms with E-state index in [9.17, 15) is 19.3 Å². The first-order valence-corrected chi connectivity index (χ1v) is 9.77. The van der Waals surface area contributed by atoms with E-state index in [2.05, 4.69) is 15.6 Å². The predicted molar refractivity (Wildman–Crippen MR) is 113 cm³/mol. The third-order valence-electron chi connectivity index (χ3n) is 4.88. The van der Waals surface area contributed by atoms with Crippen molar-refractivity contribution in [3.05, 3.63) is 46.3 Å². The molecule has 1 unspecified atom stereocenters. The predicted octanol–water partition coefficient (Wildman–Crippen LogP) is 3.39. The van der Waals surface area contributed by atoms with Gasteiger partial charge in [-0.15, -0.1) is 0 Å². The summed E-state index contributed by atoms with van der Waals surface area (Å²) in [6.45, 7) is 4.85. The Morgan fingerprint density at radius 3 is 2.77 bits per heavy atom. The number of hydrogen-bond donors (Lipinski definition) is 3. The molecule has 1 fully saturated rings. The van der Waals surface area contributed by atoms with Gasteiger partial charge in [0.1, 0.15) is 11.6 Å². The average Bonchev–Trinajstić information content (AvgIpc) is 2.67. The Bertz CT molecular complexity index is 952. The molecule has 9 nitrogen and oxygen atoms in total. The molecule has 4 N–H and O–H groups in total. The van der Waals surface area contributed by atoms with E-state index >= 15 is 0 Å². The molecule has 1 amide bonds. The maximum atomic E-state index is 14.8. The monoisotopic (exact) mass is 416 g/mol. The fourth-order valence-corrected chi connectivity index (χ4v) is 3.47. The van der Waals surface area contributed by atoms with Crippen LogP contribution in [-0.2, 0) is 4.79 Å². The summed E-state index contributed by atoms with van der Waals surface area (Å²) in [5.74, 6) is -0.694. The first-order valence-electron chi connectivity index (χ1n) is 9.77. The second-order valence-corrected chi connectivity index (χ2v) is 7.60. The molecule has 0 spiro atoms. The number of pyridine rings is 1. The molecule has 1 aromatic heterocycles. The molecule has 1 saturated heterocycles. The number of benzene rings is 1. The molecule has 3 rings (SSSR count). The van der Waals surface area contributed by atoms with Crippen molar-refractivity contribution in [1.29, 1.82) is 0 Å². The molecule has 1 aliphatic rings. The second kappa shape index (κ2) is 8.93. The first-order chi connectivity index (χ1) is 14.2. The SMILES string of the molecule is CC(C)Nc1ccc([N+](=O)[O-])c(Nc2ccc(N3CCCC(C(N)=O)C3)c(F)c2)n1. The maximum absolute atomic E-state index is 14.8. The molecule has 1 atom stereocenters. The van der Waals surface area contributed by atoms with E-state index in [0.717, 1.165) is 6.42 Å². The van der Waals surface area contributed by atoms with Crippen LogP contribution in [0.4, 0.5) is 33.1 Å². The minimum absolute atomic E-state index is 0.0181. The topological polar surface area (TPSA) is 126 Å². The average molecular weight is 416 g/mol. The minimum Gasteiger partial charge on any atom is -0.369 e. The number of primary amides is 1. The van der Waals surface area contributed by atoms with Gasteiger partial charge in [0.2, 0.25) is 11.7 Å². The number of nitrogens with two attached hydrogens (primary N) is 1. The number of hydrogen-bond acceptors (Lipinski definition) is 7. The Morgan fingerprint density at radius 2 is 2.13 bits per heavy atom. The van der Waals surface area contributed by atoms with Gasteiger partial charge in [0, 0.05) is 30.9 Å². The van der Waals surface area contributed by atoms with E-state index in [-0.39, 0.29) is 29.4 Å². The van der Waals surface area contributed by atoms with Crippen LogP contribution in [0, 0.1) is 21.8 Å². The van der Waals surface area contributed by atoms with Gasteiger partial charge in [-0.3, -0.25) is 14.9 Å². The van der Waals surface area contributed by atoms with Crippen LogP contribution in [0.2, 0.25) is 0 Å². The molecular formula is C20H25FN6O3. The highest BCUT2D eigenvalue weighted by atomic mass is 19.1. The molecule has 0 radical (unpaired) electrons. The summed E-state index contributed by atoms with van der Waals surface area (Å²) in [7, 11) is 0. The van der Waals surface area contributed by atoms with Gasteiger partial charge in [-0.1, -0.05) is 0 Å². The van der Waals surface area contributed by atoms with E-state index in [1.54, 1.807) is 17.0 Å². The minimum atomic E-state index is -0.545. The number of nitro groups is 1. The van der Waals surface area contributed by atoms with Gasteiger partial charge in [0.05, 0.1) is 16.5 Å². The highest BCUT2D eigenvalue weighted by Crippen LogP contribution is 2.31. The van der Waals surface area contributed by atoms with Crippen LogP contribution in [0.25, 0.3) is 0 Å². The fraction of sp³-hybridized carbons (Fsp3) is 0.400. The Morgan fingerprint density at radius 1 is 1.37 bits per heavy atom. The Labute approximate surface area is 173 Å². The molecule has 1 aromatic carbocycles. The highest BCUT2D eigenvalue weighted by Gasteiger charge is 2.26. The first kappa shape index (κ1) is 21.3. The van der Waals surface area contributed by atoms with Crippen LogP contribution in [0.1, 0.15) is 26.7 Å². The van der Waals surface area contributed by atoms with Crippen molar-refractivity contribution < 1.29 is 14.1 Å². The van der Waals surface area contributed by atoms with Crippen molar-refractivity contribution in [2.75, 3.05) is 28.6 Å². The van der Waals surface area contributed by atoms with Gasteiger partial charge in [-0.25, -0.2) is 9.37 Å². The number of nitrogens with one attached hydrogen (secondary N) is 2. The normalized spacial score (nSPS) is 16.4. The van der Waals surface area contributed by atoms with Gasteiger partial charge in [0.15, 0.2) is 0 Å². The summed E-state index contributed by atoms with van der Waals surface area (Å²) in [6, 6.07) is 7.44. The lowest BCUT2D eigenvalue weighted by molar-refractivity contribution is -0.384. The lowest BCUT2D eigenvalue weighted by Crippen LogP contribution is -2.41. The van der Waals surface area contributed by atoms with Crippen molar-refractivity contribution in [2.24, 2.45) is 11.7 Å². The van der Waals surface area contributed by atoms with E-state index in [1.165, 1.54) is 18.2 Å². The Kier molecular flexibility index (Phi) is 6.34. The molecule has 0 bridgehead atoms. The van der Waals surface area contributed by atoms with E-state index in [4.69, 9.17) is 5.73 Å². The van der Waals surface area contributed by atoms with Crippen LogP contribution < -0.4 is 21.3 Å². The molecule has 1 aliphatic heterocycles. The van der Waals surface area contributed by atoms with Crippen LogP contribution in [0.3, 0.4) is 0 Å². The molecule has 2 heterocycles. The number of nitrogens with zero attached hydrogens (tertiary/aromatic N) is 3. The van der Waals surface area contributed by atoms with Gasteiger partial charge >= 0.3 is 5.69 Å². The van der Waals surface area contributed by atoms with E-state index in [0.29, 0.717) is 36.7 Å².